The Bertz CT molecular complexity index is 211. The normalized spacial score (nSPS) is 12.4. The van der Waals surface area contributed by atoms with E-state index in [0.717, 1.165) is 0 Å². The summed E-state index contributed by atoms with van der Waals surface area (Å²) >= 11 is 0. The van der Waals surface area contributed by atoms with Crippen molar-refractivity contribution in [1.29, 1.82) is 0 Å². The van der Waals surface area contributed by atoms with Crippen molar-refractivity contribution in [3.05, 3.63) is 12.3 Å². The molecule has 0 aliphatic heterocycles. The average Bonchev–Trinajstić information content (AvgIpc) is 1.81. The summed E-state index contributed by atoms with van der Waals surface area (Å²) in [5.74, 6) is -0.273. The van der Waals surface area contributed by atoms with Gasteiger partial charge in [-0.25, -0.2) is 0 Å². The van der Waals surface area contributed by atoms with Crippen molar-refractivity contribution in [2.45, 2.75) is 33.1 Å². The molecule has 0 aliphatic rings. The van der Waals surface area contributed by atoms with Gasteiger partial charge in [-0.05, 0) is 26.2 Å². The van der Waals surface area contributed by atoms with E-state index >= 15 is 0 Å². The highest BCUT2D eigenvalue weighted by molar-refractivity contribution is 6.85. The first-order chi connectivity index (χ1) is 5.68. The van der Waals surface area contributed by atoms with Crippen molar-refractivity contribution >= 4 is 22.8 Å². The van der Waals surface area contributed by atoms with Crippen LogP contribution in [0, 0.1) is 0 Å². The van der Waals surface area contributed by atoms with Gasteiger partial charge < -0.3 is 8.54 Å². The summed E-state index contributed by atoms with van der Waals surface area (Å²) in [6.45, 7) is 12.9. The molecule has 0 saturated carbocycles. The van der Waals surface area contributed by atoms with Gasteiger partial charge in [0.2, 0.25) is 8.32 Å². The predicted octanol–water partition coefficient (Wildman–Crippen LogP) is 2.20. The van der Waals surface area contributed by atoms with Crippen LogP contribution in [-0.2, 0) is 13.3 Å². The van der Waals surface area contributed by atoms with Gasteiger partial charge in [0.25, 0.3) is 5.97 Å². The topological polar surface area (TPSA) is 35.5 Å². The van der Waals surface area contributed by atoms with E-state index in [1.54, 1.807) is 0 Å². The van der Waals surface area contributed by atoms with E-state index in [0.29, 0.717) is 0 Å². The minimum atomic E-state index is -2.28. The number of rotatable bonds is 4. The minimum absolute atomic E-state index is 0.273. The Balaban J connectivity index is 4.32. The highest BCUT2D eigenvalue weighted by Crippen LogP contribution is 2.16. The number of carbonyl (C=O) groups excluding carboxylic acids is 1. The molecule has 5 heteroatoms. The van der Waals surface area contributed by atoms with Crippen LogP contribution in [0.3, 0.4) is 0 Å². The molecule has 0 radical (unpaired) electrons. The Morgan fingerprint density at radius 1 is 1.31 bits per heavy atom. The van der Waals surface area contributed by atoms with E-state index in [1.807, 2.05) is 31.9 Å². The van der Waals surface area contributed by atoms with Gasteiger partial charge in [-0.1, -0.05) is 5.70 Å². The summed E-state index contributed by atoms with van der Waals surface area (Å²) in [4.78, 5) is 10.8. The molecule has 0 atom stereocenters. The Morgan fingerprint density at radius 2 is 1.77 bits per heavy atom. The Kier molecular flexibility index (Phi) is 4.08. The van der Waals surface area contributed by atoms with Crippen molar-refractivity contribution in [1.82, 2.24) is 0 Å². The molecule has 0 rings (SSSR count). The van der Waals surface area contributed by atoms with Crippen LogP contribution in [-0.4, -0.2) is 22.8 Å². The van der Waals surface area contributed by atoms with E-state index in [-0.39, 0.29) is 5.97 Å². The molecule has 13 heavy (non-hydrogen) atoms. The lowest BCUT2D eigenvalue weighted by atomic mass is 10.9. The molecule has 3 nitrogen and oxygen atoms in total. The van der Waals surface area contributed by atoms with Crippen molar-refractivity contribution in [2.24, 2.45) is 0 Å². The third kappa shape index (κ3) is 5.78. The molecule has 0 aliphatic carbocycles. The van der Waals surface area contributed by atoms with E-state index in [9.17, 15) is 4.79 Å². The van der Waals surface area contributed by atoms with E-state index in [1.165, 1.54) is 6.92 Å². The molecule has 0 fully saturated rings. The molecule has 0 saturated heterocycles. The first-order valence-electron chi connectivity index (χ1n) is 4.22. The first kappa shape index (κ1) is 12.6. The third-order valence-corrected chi connectivity index (χ3v) is 7.22. The van der Waals surface area contributed by atoms with Crippen LogP contribution < -0.4 is 0 Å². The largest absolute Gasteiger partial charge is 0.495 e. The first-order valence-corrected chi connectivity index (χ1v) is 10.0. The lowest BCUT2D eigenvalue weighted by Crippen LogP contribution is -2.46. The fraction of sp³-hybridized carbons (Fsp3) is 0.625. The zero-order chi connectivity index (χ0) is 10.7. The van der Waals surface area contributed by atoms with E-state index in [4.69, 9.17) is 8.54 Å². The van der Waals surface area contributed by atoms with Crippen LogP contribution >= 0.6 is 0 Å². The SMILES string of the molecule is C=C[Si](C)(C)O[Si](C)(C)OC(C)=O. The molecule has 0 aromatic heterocycles. The van der Waals surface area contributed by atoms with Crippen LogP contribution in [0.2, 0.25) is 26.2 Å². The van der Waals surface area contributed by atoms with Gasteiger partial charge in [0.05, 0.1) is 0 Å². The number of hydrogen-bond donors (Lipinski definition) is 0. The van der Waals surface area contributed by atoms with Crippen molar-refractivity contribution in [3.63, 3.8) is 0 Å². The Hall–Kier alpha value is -0.396. The van der Waals surface area contributed by atoms with Gasteiger partial charge in [-0.2, -0.15) is 0 Å². The molecule has 0 bridgehead atoms. The summed E-state index contributed by atoms with van der Waals surface area (Å²) < 4.78 is 10.9. The summed E-state index contributed by atoms with van der Waals surface area (Å²) in [6, 6.07) is 0. The summed E-state index contributed by atoms with van der Waals surface area (Å²) in [6.07, 6.45) is 0. The highest BCUT2D eigenvalue weighted by Gasteiger charge is 2.34. The minimum Gasteiger partial charge on any atom is -0.495 e. The summed E-state index contributed by atoms with van der Waals surface area (Å²) in [5, 5.41) is 0. The Morgan fingerprint density at radius 3 is 2.08 bits per heavy atom. The predicted molar refractivity (Wildman–Crippen MR) is 58.0 cm³/mol. The van der Waals surface area contributed by atoms with Crippen molar-refractivity contribution in [3.8, 4) is 0 Å². The molecular weight excluding hydrogens is 200 g/mol. The molecule has 0 unspecified atom stereocenters. The lowest BCUT2D eigenvalue weighted by Gasteiger charge is -2.30. The highest BCUT2D eigenvalue weighted by atomic mass is 28.4. The van der Waals surface area contributed by atoms with Gasteiger partial charge in [-0.3, -0.25) is 4.79 Å². The van der Waals surface area contributed by atoms with Gasteiger partial charge in [0, 0.05) is 6.92 Å². The fourth-order valence-electron chi connectivity index (χ4n) is 1.04. The quantitative estimate of drug-likeness (QED) is 0.679. The maximum atomic E-state index is 10.8. The molecule has 0 amide bonds. The Labute approximate surface area is 82.1 Å². The van der Waals surface area contributed by atoms with Crippen LogP contribution in [0.5, 0.6) is 0 Å². The summed E-state index contributed by atoms with van der Waals surface area (Å²) in [5.41, 5.74) is 1.84. The molecule has 0 heterocycles. The van der Waals surface area contributed by atoms with E-state index < -0.39 is 16.9 Å². The summed E-state index contributed by atoms with van der Waals surface area (Å²) in [7, 11) is -4.11. The molecule has 0 aromatic rings. The molecule has 0 aromatic carbocycles. The second kappa shape index (κ2) is 4.21. The molecular formula is C8H18O3Si2. The maximum Gasteiger partial charge on any atom is 0.385 e. The zero-order valence-corrected chi connectivity index (χ0v) is 11.0. The maximum absolute atomic E-state index is 10.8. The third-order valence-electron chi connectivity index (χ3n) is 1.39. The van der Waals surface area contributed by atoms with Gasteiger partial charge >= 0.3 is 8.56 Å². The van der Waals surface area contributed by atoms with Gasteiger partial charge in [0.15, 0.2) is 0 Å². The van der Waals surface area contributed by atoms with E-state index in [2.05, 4.69) is 6.58 Å². The fourth-order valence-corrected chi connectivity index (χ4v) is 7.30. The standard InChI is InChI=1S/C8H18O3Si2/c1-7-12(3,4)11-13(5,6)10-8(2)9/h7H,1H2,2-6H3. The monoisotopic (exact) mass is 218 g/mol. The van der Waals surface area contributed by atoms with Crippen molar-refractivity contribution in [2.75, 3.05) is 0 Å². The van der Waals surface area contributed by atoms with Crippen LogP contribution in [0.4, 0.5) is 0 Å². The van der Waals surface area contributed by atoms with Crippen LogP contribution in [0.15, 0.2) is 12.3 Å². The second-order valence-corrected chi connectivity index (χ2v) is 11.3. The lowest BCUT2D eigenvalue weighted by molar-refractivity contribution is -0.133. The molecule has 0 spiro atoms. The van der Waals surface area contributed by atoms with Crippen molar-refractivity contribution < 1.29 is 13.3 Å². The van der Waals surface area contributed by atoms with Gasteiger partial charge in [-0.15, -0.1) is 6.58 Å². The van der Waals surface area contributed by atoms with Gasteiger partial charge in [0.1, 0.15) is 0 Å². The second-order valence-electron chi connectivity index (χ2n) is 3.90. The zero-order valence-electron chi connectivity index (χ0n) is 9.01. The molecule has 76 valence electrons. The van der Waals surface area contributed by atoms with Crippen LogP contribution in [0.1, 0.15) is 6.92 Å². The molecule has 0 N–H and O–H groups in total. The number of carbonyl (C=O) groups is 1. The smallest absolute Gasteiger partial charge is 0.385 e. The van der Waals surface area contributed by atoms with Crippen LogP contribution in [0.25, 0.3) is 0 Å². The average molecular weight is 218 g/mol. The number of hydrogen-bond acceptors (Lipinski definition) is 3.